The van der Waals surface area contributed by atoms with E-state index in [1.165, 1.54) is 7.11 Å². The lowest BCUT2D eigenvalue weighted by Crippen LogP contribution is -2.43. The maximum absolute atomic E-state index is 12.1. The fourth-order valence-corrected chi connectivity index (χ4v) is 2.24. The number of ether oxygens (including phenoxy) is 1. The minimum absolute atomic E-state index is 0.0188. The van der Waals surface area contributed by atoms with Gasteiger partial charge in [-0.25, -0.2) is 0 Å². The van der Waals surface area contributed by atoms with Gasteiger partial charge in [-0.2, -0.15) is 0 Å². The molecule has 0 saturated carbocycles. The van der Waals surface area contributed by atoms with Crippen LogP contribution in [-0.4, -0.2) is 18.8 Å². The predicted octanol–water partition coefficient (Wildman–Crippen LogP) is 1.77. The first-order chi connectivity index (χ1) is 8.56. The minimum atomic E-state index is -0.627. The number of ketones is 1. The third kappa shape index (κ3) is 2.04. The van der Waals surface area contributed by atoms with Crippen molar-refractivity contribution in [3.05, 3.63) is 35.4 Å². The second kappa shape index (κ2) is 4.90. The molecule has 0 saturated heterocycles. The zero-order valence-electron chi connectivity index (χ0n) is 10.8. The monoisotopic (exact) mass is 247 g/mol. The number of hydrogen-bond donors (Lipinski definition) is 1. The predicted molar refractivity (Wildman–Crippen MR) is 66.9 cm³/mol. The highest BCUT2D eigenvalue weighted by Gasteiger charge is 2.36. The van der Waals surface area contributed by atoms with Gasteiger partial charge in [-0.3, -0.25) is 9.59 Å². The van der Waals surface area contributed by atoms with Crippen LogP contribution in [0.4, 0.5) is 0 Å². The summed E-state index contributed by atoms with van der Waals surface area (Å²) < 4.78 is 5.20. The molecule has 1 unspecified atom stereocenters. The normalized spacial score (nSPS) is 22.6. The number of rotatable bonds is 3. The van der Waals surface area contributed by atoms with Crippen LogP contribution in [0.1, 0.15) is 37.1 Å². The number of nitrogens with one attached hydrogen (secondary N) is 1. The number of amides is 1. The van der Waals surface area contributed by atoms with Crippen LogP contribution in [-0.2, 0) is 14.3 Å². The van der Waals surface area contributed by atoms with Crippen molar-refractivity contribution >= 4 is 11.7 Å². The van der Waals surface area contributed by atoms with Gasteiger partial charge in [0.2, 0.25) is 0 Å². The topological polar surface area (TPSA) is 55.4 Å². The first kappa shape index (κ1) is 12.8. The number of carbonyl (C=O) groups excluding carboxylic acids is 2. The number of fused-ring (bicyclic) bond motifs is 1. The Morgan fingerprint density at radius 2 is 1.89 bits per heavy atom. The lowest BCUT2D eigenvalue weighted by atomic mass is 9.87. The number of carbonyl (C=O) groups is 2. The summed E-state index contributed by atoms with van der Waals surface area (Å²) in [6.45, 7) is 3.67. The van der Waals surface area contributed by atoms with Crippen LogP contribution >= 0.6 is 0 Å². The van der Waals surface area contributed by atoms with Crippen LogP contribution in [0.5, 0.6) is 0 Å². The van der Waals surface area contributed by atoms with Crippen molar-refractivity contribution in [2.24, 2.45) is 5.92 Å². The van der Waals surface area contributed by atoms with Crippen LogP contribution in [0.3, 0.4) is 0 Å². The molecule has 0 radical (unpaired) electrons. The van der Waals surface area contributed by atoms with E-state index in [2.05, 4.69) is 5.32 Å². The number of benzene rings is 1. The van der Waals surface area contributed by atoms with E-state index >= 15 is 0 Å². The number of Topliss-reactive ketones (excluding diaryl/α,β-unsaturated/α-hetero) is 1. The van der Waals surface area contributed by atoms with Crippen LogP contribution in [0.25, 0.3) is 0 Å². The van der Waals surface area contributed by atoms with Gasteiger partial charge >= 0.3 is 0 Å². The van der Waals surface area contributed by atoms with Gasteiger partial charge in [0.05, 0.1) is 0 Å². The van der Waals surface area contributed by atoms with E-state index in [-0.39, 0.29) is 17.6 Å². The zero-order chi connectivity index (χ0) is 13.3. The Morgan fingerprint density at radius 3 is 2.44 bits per heavy atom. The molecule has 2 rings (SSSR count). The third-order valence-electron chi connectivity index (χ3n) is 3.20. The van der Waals surface area contributed by atoms with Crippen LogP contribution in [0.2, 0.25) is 0 Å². The molecule has 0 aliphatic carbocycles. The quantitative estimate of drug-likeness (QED) is 0.885. The summed E-state index contributed by atoms with van der Waals surface area (Å²) in [4.78, 5) is 24.1. The van der Waals surface area contributed by atoms with Crippen molar-refractivity contribution < 1.29 is 14.3 Å². The molecule has 1 aliphatic heterocycles. The molecule has 96 valence electrons. The Balaban J connectivity index is 2.47. The van der Waals surface area contributed by atoms with Crippen molar-refractivity contribution in [2.75, 3.05) is 7.11 Å². The van der Waals surface area contributed by atoms with Gasteiger partial charge in [0.15, 0.2) is 11.9 Å². The van der Waals surface area contributed by atoms with Gasteiger partial charge in [-0.1, -0.05) is 38.1 Å². The SMILES string of the molecule is COC1C(=O)N[C@@H](C(=O)C(C)C)c2ccccc21. The van der Waals surface area contributed by atoms with Crippen molar-refractivity contribution in [3.8, 4) is 0 Å². The summed E-state index contributed by atoms with van der Waals surface area (Å²) in [5.74, 6) is -0.358. The molecule has 4 heteroatoms. The van der Waals surface area contributed by atoms with E-state index < -0.39 is 12.1 Å². The molecular formula is C14H17NO3. The Kier molecular flexibility index (Phi) is 3.48. The van der Waals surface area contributed by atoms with Crippen molar-refractivity contribution in [2.45, 2.75) is 26.0 Å². The first-order valence-electron chi connectivity index (χ1n) is 6.02. The van der Waals surface area contributed by atoms with Gasteiger partial charge in [-0.15, -0.1) is 0 Å². The van der Waals surface area contributed by atoms with Gasteiger partial charge in [-0.05, 0) is 11.1 Å². The minimum Gasteiger partial charge on any atom is -0.367 e. The summed E-state index contributed by atoms with van der Waals surface area (Å²) in [5.41, 5.74) is 1.62. The maximum atomic E-state index is 12.1. The van der Waals surface area contributed by atoms with Crippen molar-refractivity contribution in [3.63, 3.8) is 0 Å². The van der Waals surface area contributed by atoms with Gasteiger partial charge in [0.1, 0.15) is 6.04 Å². The molecular weight excluding hydrogens is 230 g/mol. The van der Waals surface area contributed by atoms with E-state index in [1.54, 1.807) is 0 Å². The van der Waals surface area contributed by atoms with Crippen LogP contribution < -0.4 is 5.32 Å². The molecule has 2 atom stereocenters. The van der Waals surface area contributed by atoms with Crippen LogP contribution in [0.15, 0.2) is 24.3 Å². The van der Waals surface area contributed by atoms with Gasteiger partial charge < -0.3 is 10.1 Å². The molecule has 1 amide bonds. The third-order valence-corrected chi connectivity index (χ3v) is 3.20. The van der Waals surface area contributed by atoms with Crippen LogP contribution in [0, 0.1) is 5.92 Å². The average Bonchev–Trinajstić information content (AvgIpc) is 2.37. The molecule has 18 heavy (non-hydrogen) atoms. The van der Waals surface area contributed by atoms with Gasteiger partial charge in [0.25, 0.3) is 5.91 Å². The highest BCUT2D eigenvalue weighted by molar-refractivity contribution is 5.95. The second-order valence-electron chi connectivity index (χ2n) is 4.74. The van der Waals surface area contributed by atoms with E-state index in [1.807, 2.05) is 38.1 Å². The molecule has 0 spiro atoms. The summed E-state index contributed by atoms with van der Waals surface area (Å²) in [6.07, 6.45) is -0.627. The Labute approximate surface area is 106 Å². The van der Waals surface area contributed by atoms with E-state index in [0.717, 1.165) is 11.1 Å². The molecule has 0 fully saturated rings. The number of hydrogen-bond acceptors (Lipinski definition) is 3. The van der Waals surface area contributed by atoms with E-state index in [9.17, 15) is 9.59 Å². The lowest BCUT2D eigenvalue weighted by molar-refractivity contribution is -0.137. The standard InChI is InChI=1S/C14H17NO3/c1-8(2)12(16)11-9-6-4-5-7-10(9)13(18-3)14(17)15-11/h4-8,11,13H,1-3H3,(H,15,17)/t11-,13?/m1/s1. The highest BCUT2D eigenvalue weighted by Crippen LogP contribution is 2.32. The smallest absolute Gasteiger partial charge is 0.254 e. The molecule has 1 heterocycles. The first-order valence-corrected chi connectivity index (χ1v) is 6.02. The molecule has 4 nitrogen and oxygen atoms in total. The Morgan fingerprint density at radius 1 is 1.28 bits per heavy atom. The molecule has 1 aliphatic rings. The number of methoxy groups -OCH3 is 1. The van der Waals surface area contributed by atoms with Crippen molar-refractivity contribution in [1.82, 2.24) is 5.32 Å². The second-order valence-corrected chi connectivity index (χ2v) is 4.74. The largest absolute Gasteiger partial charge is 0.367 e. The molecule has 0 bridgehead atoms. The Hall–Kier alpha value is -1.68. The zero-order valence-corrected chi connectivity index (χ0v) is 10.8. The summed E-state index contributed by atoms with van der Waals surface area (Å²) in [7, 11) is 1.49. The van der Waals surface area contributed by atoms with Crippen molar-refractivity contribution in [1.29, 1.82) is 0 Å². The summed E-state index contributed by atoms with van der Waals surface area (Å²) in [5, 5.41) is 2.74. The fraction of sp³-hybridized carbons (Fsp3) is 0.429. The lowest BCUT2D eigenvalue weighted by Gasteiger charge is -2.31. The molecule has 1 N–H and O–H groups in total. The fourth-order valence-electron chi connectivity index (χ4n) is 2.24. The Bertz CT molecular complexity index is 482. The van der Waals surface area contributed by atoms with Gasteiger partial charge in [0, 0.05) is 13.0 Å². The van der Waals surface area contributed by atoms with E-state index in [4.69, 9.17) is 4.74 Å². The highest BCUT2D eigenvalue weighted by atomic mass is 16.5. The molecule has 1 aromatic carbocycles. The maximum Gasteiger partial charge on any atom is 0.254 e. The summed E-state index contributed by atoms with van der Waals surface area (Å²) >= 11 is 0. The molecule has 0 aromatic heterocycles. The average molecular weight is 247 g/mol. The van der Waals surface area contributed by atoms with E-state index in [0.29, 0.717) is 0 Å². The molecule has 1 aromatic rings. The summed E-state index contributed by atoms with van der Waals surface area (Å²) in [6, 6.07) is 6.86.